The standard InChI is InChI=1S/C18H16N4O2/c1-23-13-4-5-14(17(10-13)24-2)18-20-15-6-3-12(9-16(15)21-18)22-8-7-19-11-22/h3-11H,1-2H3,(H,20,21). The summed E-state index contributed by atoms with van der Waals surface area (Å²) >= 11 is 0. The lowest BCUT2D eigenvalue weighted by atomic mass is 10.2. The van der Waals surface area contributed by atoms with Crippen molar-refractivity contribution < 1.29 is 9.47 Å². The molecule has 0 aliphatic heterocycles. The third kappa shape index (κ3) is 2.38. The number of hydrogen-bond acceptors (Lipinski definition) is 4. The summed E-state index contributed by atoms with van der Waals surface area (Å²) in [4.78, 5) is 12.1. The summed E-state index contributed by atoms with van der Waals surface area (Å²) in [5, 5.41) is 0. The maximum atomic E-state index is 5.47. The molecule has 0 radical (unpaired) electrons. The number of aromatic nitrogens is 4. The van der Waals surface area contributed by atoms with Gasteiger partial charge >= 0.3 is 0 Å². The van der Waals surface area contributed by atoms with E-state index in [9.17, 15) is 0 Å². The molecular weight excluding hydrogens is 304 g/mol. The number of methoxy groups -OCH3 is 2. The fourth-order valence-electron chi connectivity index (χ4n) is 2.69. The van der Waals surface area contributed by atoms with Gasteiger partial charge in [-0.1, -0.05) is 0 Å². The van der Waals surface area contributed by atoms with Gasteiger partial charge in [-0.25, -0.2) is 9.97 Å². The van der Waals surface area contributed by atoms with Crippen molar-refractivity contribution in [3.63, 3.8) is 0 Å². The highest BCUT2D eigenvalue weighted by Crippen LogP contribution is 2.33. The van der Waals surface area contributed by atoms with Crippen molar-refractivity contribution in [1.82, 2.24) is 19.5 Å². The maximum absolute atomic E-state index is 5.47. The second-order valence-corrected chi connectivity index (χ2v) is 5.32. The Bertz CT molecular complexity index is 990. The van der Waals surface area contributed by atoms with E-state index in [1.165, 1.54) is 0 Å². The monoisotopic (exact) mass is 320 g/mol. The summed E-state index contributed by atoms with van der Waals surface area (Å²) in [5.74, 6) is 2.21. The Kier molecular flexibility index (Phi) is 3.42. The van der Waals surface area contributed by atoms with Crippen molar-refractivity contribution in [3.8, 4) is 28.6 Å². The highest BCUT2D eigenvalue weighted by molar-refractivity contribution is 5.82. The van der Waals surface area contributed by atoms with Gasteiger partial charge in [0, 0.05) is 24.1 Å². The molecule has 4 rings (SSSR count). The van der Waals surface area contributed by atoms with Gasteiger partial charge in [-0.3, -0.25) is 0 Å². The summed E-state index contributed by atoms with van der Waals surface area (Å²) in [6.45, 7) is 0. The van der Waals surface area contributed by atoms with Crippen LogP contribution in [0.25, 0.3) is 28.1 Å². The Morgan fingerprint density at radius 1 is 1.04 bits per heavy atom. The van der Waals surface area contributed by atoms with E-state index in [0.29, 0.717) is 5.75 Å². The smallest absolute Gasteiger partial charge is 0.142 e. The highest BCUT2D eigenvalue weighted by atomic mass is 16.5. The zero-order valence-corrected chi connectivity index (χ0v) is 13.4. The van der Waals surface area contributed by atoms with Gasteiger partial charge in [0.05, 0.1) is 37.1 Å². The number of aromatic amines is 1. The second-order valence-electron chi connectivity index (χ2n) is 5.32. The quantitative estimate of drug-likeness (QED) is 0.625. The molecule has 0 fully saturated rings. The predicted octanol–water partition coefficient (Wildman–Crippen LogP) is 3.43. The molecule has 0 unspecified atom stereocenters. The molecule has 0 amide bonds. The minimum absolute atomic E-state index is 0.711. The lowest BCUT2D eigenvalue weighted by molar-refractivity contribution is 0.395. The average Bonchev–Trinajstić information content (AvgIpc) is 3.29. The van der Waals surface area contributed by atoms with Crippen LogP contribution in [0.3, 0.4) is 0 Å². The normalized spacial score (nSPS) is 10.9. The Balaban J connectivity index is 1.81. The first kappa shape index (κ1) is 14.3. The van der Waals surface area contributed by atoms with Crippen LogP contribution in [-0.2, 0) is 0 Å². The minimum atomic E-state index is 0.711. The van der Waals surface area contributed by atoms with Crippen LogP contribution in [0.15, 0.2) is 55.1 Å². The van der Waals surface area contributed by atoms with E-state index in [2.05, 4.69) is 15.0 Å². The fourth-order valence-corrected chi connectivity index (χ4v) is 2.69. The number of nitrogens with zero attached hydrogens (tertiary/aromatic N) is 3. The lowest BCUT2D eigenvalue weighted by Crippen LogP contribution is -1.91. The third-order valence-electron chi connectivity index (χ3n) is 3.93. The van der Waals surface area contributed by atoms with Crippen molar-refractivity contribution >= 4 is 11.0 Å². The van der Waals surface area contributed by atoms with Crippen LogP contribution in [0.1, 0.15) is 0 Å². The number of nitrogens with one attached hydrogen (secondary N) is 1. The number of H-pyrrole nitrogens is 1. The molecule has 0 atom stereocenters. The Hall–Kier alpha value is -3.28. The number of ether oxygens (including phenoxy) is 2. The molecule has 0 aliphatic carbocycles. The zero-order chi connectivity index (χ0) is 16.5. The number of imidazole rings is 2. The molecule has 6 nitrogen and oxygen atoms in total. The SMILES string of the molecule is COc1ccc(-c2nc3ccc(-n4ccnc4)cc3[nH]2)c(OC)c1. The van der Waals surface area contributed by atoms with E-state index >= 15 is 0 Å². The van der Waals surface area contributed by atoms with Crippen LogP contribution in [0.2, 0.25) is 0 Å². The van der Waals surface area contributed by atoms with Gasteiger partial charge in [0.2, 0.25) is 0 Å². The fraction of sp³-hybridized carbons (Fsp3) is 0.111. The van der Waals surface area contributed by atoms with Crippen molar-refractivity contribution in [3.05, 3.63) is 55.1 Å². The Labute approximate surface area is 138 Å². The number of benzene rings is 2. The Morgan fingerprint density at radius 3 is 2.71 bits per heavy atom. The molecule has 0 saturated heterocycles. The van der Waals surface area contributed by atoms with E-state index in [1.54, 1.807) is 26.7 Å². The van der Waals surface area contributed by atoms with Crippen LogP contribution < -0.4 is 9.47 Å². The molecular formula is C18H16N4O2. The molecule has 4 aromatic rings. The summed E-state index contributed by atoms with van der Waals surface area (Å²) in [5.41, 5.74) is 3.76. The largest absolute Gasteiger partial charge is 0.497 e. The van der Waals surface area contributed by atoms with E-state index < -0.39 is 0 Å². The maximum Gasteiger partial charge on any atom is 0.142 e. The molecule has 120 valence electrons. The first-order chi connectivity index (χ1) is 11.8. The van der Waals surface area contributed by atoms with Gasteiger partial charge in [0.25, 0.3) is 0 Å². The highest BCUT2D eigenvalue weighted by Gasteiger charge is 2.12. The van der Waals surface area contributed by atoms with Crippen molar-refractivity contribution in [1.29, 1.82) is 0 Å². The molecule has 2 aromatic carbocycles. The van der Waals surface area contributed by atoms with Crippen LogP contribution in [0.5, 0.6) is 11.5 Å². The molecule has 0 spiro atoms. The van der Waals surface area contributed by atoms with Gasteiger partial charge in [0.1, 0.15) is 17.3 Å². The van der Waals surface area contributed by atoms with Crippen LogP contribution in [0, 0.1) is 0 Å². The van der Waals surface area contributed by atoms with E-state index in [4.69, 9.17) is 9.47 Å². The van der Waals surface area contributed by atoms with Crippen molar-refractivity contribution in [2.24, 2.45) is 0 Å². The second kappa shape index (κ2) is 5.73. The van der Waals surface area contributed by atoms with Crippen molar-refractivity contribution in [2.75, 3.05) is 14.2 Å². The average molecular weight is 320 g/mol. The number of fused-ring (bicyclic) bond motifs is 1. The first-order valence-corrected chi connectivity index (χ1v) is 7.49. The van der Waals surface area contributed by atoms with Gasteiger partial charge in [-0.15, -0.1) is 0 Å². The minimum Gasteiger partial charge on any atom is -0.497 e. The third-order valence-corrected chi connectivity index (χ3v) is 3.93. The molecule has 0 bridgehead atoms. The molecule has 6 heteroatoms. The lowest BCUT2D eigenvalue weighted by Gasteiger charge is -2.08. The number of rotatable bonds is 4. The summed E-state index contributed by atoms with van der Waals surface area (Å²) in [6.07, 6.45) is 5.43. The molecule has 0 saturated carbocycles. The first-order valence-electron chi connectivity index (χ1n) is 7.49. The summed E-state index contributed by atoms with van der Waals surface area (Å²) < 4.78 is 12.7. The van der Waals surface area contributed by atoms with Gasteiger partial charge in [-0.2, -0.15) is 0 Å². The van der Waals surface area contributed by atoms with Crippen LogP contribution in [-0.4, -0.2) is 33.7 Å². The zero-order valence-electron chi connectivity index (χ0n) is 13.4. The molecule has 0 aliphatic rings. The Morgan fingerprint density at radius 2 is 1.96 bits per heavy atom. The van der Waals surface area contributed by atoms with Crippen molar-refractivity contribution in [2.45, 2.75) is 0 Å². The summed E-state index contributed by atoms with van der Waals surface area (Å²) in [6, 6.07) is 11.7. The number of hydrogen-bond donors (Lipinski definition) is 1. The topological polar surface area (TPSA) is 65.0 Å². The van der Waals surface area contributed by atoms with Crippen LogP contribution in [0.4, 0.5) is 0 Å². The van der Waals surface area contributed by atoms with E-state index in [1.807, 2.05) is 47.2 Å². The molecule has 24 heavy (non-hydrogen) atoms. The van der Waals surface area contributed by atoms with Crippen LogP contribution >= 0.6 is 0 Å². The summed E-state index contributed by atoms with van der Waals surface area (Å²) in [7, 11) is 3.27. The molecule has 2 heterocycles. The van der Waals surface area contributed by atoms with E-state index in [0.717, 1.165) is 33.9 Å². The molecule has 2 aromatic heterocycles. The van der Waals surface area contributed by atoms with E-state index in [-0.39, 0.29) is 0 Å². The van der Waals surface area contributed by atoms with Gasteiger partial charge in [-0.05, 0) is 30.3 Å². The predicted molar refractivity (Wildman–Crippen MR) is 91.8 cm³/mol. The van der Waals surface area contributed by atoms with Gasteiger partial charge < -0.3 is 19.0 Å². The molecule has 1 N–H and O–H groups in total. The van der Waals surface area contributed by atoms with Gasteiger partial charge in [0.15, 0.2) is 0 Å².